The van der Waals surface area contributed by atoms with E-state index < -0.39 is 5.97 Å². The lowest BCUT2D eigenvalue weighted by atomic mass is 10.1. The Bertz CT molecular complexity index is 427. The fourth-order valence-corrected chi connectivity index (χ4v) is 2.29. The van der Waals surface area contributed by atoms with Gasteiger partial charge in [-0.15, -0.1) is 0 Å². The van der Waals surface area contributed by atoms with Crippen molar-refractivity contribution in [3.63, 3.8) is 0 Å². The molecule has 0 aliphatic heterocycles. The van der Waals surface area contributed by atoms with Crippen LogP contribution in [0, 0.1) is 5.92 Å². The first-order valence-electron chi connectivity index (χ1n) is 7.53. The molecule has 0 atom stereocenters. The Labute approximate surface area is 128 Å². The van der Waals surface area contributed by atoms with Crippen LogP contribution in [0.3, 0.4) is 0 Å². The molecule has 1 aromatic carbocycles. The second-order valence-corrected chi connectivity index (χ2v) is 6.32. The topological polar surface area (TPSA) is 43.8 Å². The van der Waals surface area contributed by atoms with E-state index in [9.17, 15) is 4.79 Å². The summed E-state index contributed by atoms with van der Waals surface area (Å²) in [5.74, 6) is -0.145. The molecule has 1 aromatic rings. The van der Waals surface area contributed by atoms with Gasteiger partial charge in [0.2, 0.25) is 0 Å². The maximum absolute atomic E-state index is 10.7. The number of rotatable bonds is 9. The van der Waals surface area contributed by atoms with Gasteiger partial charge < -0.3 is 10.0 Å². The third-order valence-electron chi connectivity index (χ3n) is 3.27. The molecule has 0 amide bonds. The molecule has 0 heterocycles. The molecule has 21 heavy (non-hydrogen) atoms. The summed E-state index contributed by atoms with van der Waals surface area (Å²) in [6.45, 7) is 8.55. The second kappa shape index (κ2) is 8.80. The molecule has 0 aliphatic carbocycles. The molecular formula is C17H28N2O2. The zero-order chi connectivity index (χ0) is 15.8. The van der Waals surface area contributed by atoms with Gasteiger partial charge in [0.15, 0.2) is 0 Å². The maximum atomic E-state index is 10.7. The minimum atomic E-state index is -0.782. The van der Waals surface area contributed by atoms with E-state index in [1.54, 1.807) is 0 Å². The number of carboxylic acid groups (broad SMARTS) is 1. The van der Waals surface area contributed by atoms with E-state index in [2.05, 4.69) is 37.7 Å². The average Bonchev–Trinajstić information content (AvgIpc) is 2.37. The van der Waals surface area contributed by atoms with E-state index in [0.717, 1.165) is 31.7 Å². The van der Waals surface area contributed by atoms with Crippen LogP contribution in [0.2, 0.25) is 0 Å². The maximum Gasteiger partial charge on any atom is 0.307 e. The predicted molar refractivity (Wildman–Crippen MR) is 86.5 cm³/mol. The van der Waals surface area contributed by atoms with Crippen LogP contribution in [-0.4, -0.2) is 54.6 Å². The molecule has 1 N–H and O–H groups in total. The van der Waals surface area contributed by atoms with Gasteiger partial charge in [0, 0.05) is 26.2 Å². The van der Waals surface area contributed by atoms with Gasteiger partial charge in [0.1, 0.15) is 0 Å². The van der Waals surface area contributed by atoms with Crippen LogP contribution in [0.15, 0.2) is 24.3 Å². The Morgan fingerprint density at radius 2 is 1.67 bits per heavy atom. The molecule has 0 bridgehead atoms. The first kappa shape index (κ1) is 17.7. The fourth-order valence-electron chi connectivity index (χ4n) is 2.29. The van der Waals surface area contributed by atoms with Crippen LogP contribution < -0.4 is 0 Å². The van der Waals surface area contributed by atoms with Crippen molar-refractivity contribution in [2.45, 2.75) is 26.8 Å². The van der Waals surface area contributed by atoms with Crippen molar-refractivity contribution in [1.29, 1.82) is 0 Å². The number of carboxylic acids is 1. The molecule has 0 saturated carbocycles. The van der Waals surface area contributed by atoms with E-state index in [0.29, 0.717) is 5.92 Å². The van der Waals surface area contributed by atoms with Gasteiger partial charge in [0.05, 0.1) is 6.42 Å². The largest absolute Gasteiger partial charge is 0.481 e. The standard InChI is InChI=1S/C17H28N2O2/c1-14(2)12-19(10-9-18(3)4)13-16-7-5-15(6-8-16)11-17(20)21/h5-8,14H,9-13H2,1-4H3,(H,20,21). The molecule has 4 nitrogen and oxygen atoms in total. The average molecular weight is 292 g/mol. The summed E-state index contributed by atoms with van der Waals surface area (Å²) in [5, 5.41) is 8.79. The van der Waals surface area contributed by atoms with Crippen molar-refractivity contribution >= 4 is 5.97 Å². The van der Waals surface area contributed by atoms with Crippen LogP contribution in [0.1, 0.15) is 25.0 Å². The van der Waals surface area contributed by atoms with Crippen molar-refractivity contribution in [1.82, 2.24) is 9.80 Å². The van der Waals surface area contributed by atoms with Gasteiger partial charge >= 0.3 is 5.97 Å². The van der Waals surface area contributed by atoms with Gasteiger partial charge in [-0.1, -0.05) is 38.1 Å². The second-order valence-electron chi connectivity index (χ2n) is 6.32. The van der Waals surface area contributed by atoms with Crippen LogP contribution >= 0.6 is 0 Å². The molecule has 118 valence electrons. The summed E-state index contributed by atoms with van der Waals surface area (Å²) in [6.07, 6.45) is 0.0939. The number of aliphatic carboxylic acids is 1. The predicted octanol–water partition coefficient (Wildman–Crippen LogP) is 2.33. The van der Waals surface area contributed by atoms with E-state index in [-0.39, 0.29) is 6.42 Å². The zero-order valence-electron chi connectivity index (χ0n) is 13.7. The minimum absolute atomic E-state index is 0.0939. The lowest BCUT2D eigenvalue weighted by molar-refractivity contribution is -0.136. The van der Waals surface area contributed by atoms with Crippen LogP contribution in [-0.2, 0) is 17.8 Å². The number of carbonyl (C=O) groups is 1. The lowest BCUT2D eigenvalue weighted by Crippen LogP contribution is -2.33. The highest BCUT2D eigenvalue weighted by Crippen LogP contribution is 2.10. The van der Waals surface area contributed by atoms with Crippen molar-refractivity contribution in [2.24, 2.45) is 5.92 Å². The minimum Gasteiger partial charge on any atom is -0.481 e. The normalized spacial score (nSPS) is 11.6. The quantitative estimate of drug-likeness (QED) is 0.758. The van der Waals surface area contributed by atoms with Crippen LogP contribution in [0.4, 0.5) is 0 Å². The Hall–Kier alpha value is -1.39. The van der Waals surface area contributed by atoms with E-state index in [4.69, 9.17) is 5.11 Å². The molecule has 1 rings (SSSR count). The van der Waals surface area contributed by atoms with Crippen molar-refractivity contribution in [3.05, 3.63) is 35.4 Å². The molecule has 0 saturated heterocycles. The first-order valence-corrected chi connectivity index (χ1v) is 7.53. The van der Waals surface area contributed by atoms with E-state index in [1.165, 1.54) is 5.56 Å². The Morgan fingerprint density at radius 3 is 2.14 bits per heavy atom. The number of hydrogen-bond acceptors (Lipinski definition) is 3. The number of hydrogen-bond donors (Lipinski definition) is 1. The number of likely N-dealkylation sites (N-methyl/N-ethyl adjacent to an activating group) is 1. The van der Waals surface area contributed by atoms with Crippen molar-refractivity contribution in [2.75, 3.05) is 33.7 Å². The van der Waals surface area contributed by atoms with Crippen LogP contribution in [0.25, 0.3) is 0 Å². The molecule has 4 heteroatoms. The third kappa shape index (κ3) is 7.83. The first-order chi connectivity index (χ1) is 9.86. The van der Waals surface area contributed by atoms with E-state index >= 15 is 0 Å². The van der Waals surface area contributed by atoms with E-state index in [1.807, 2.05) is 24.3 Å². The van der Waals surface area contributed by atoms with Crippen molar-refractivity contribution < 1.29 is 9.90 Å². The Kier molecular flexibility index (Phi) is 7.40. The number of nitrogens with zero attached hydrogens (tertiary/aromatic N) is 2. The van der Waals surface area contributed by atoms with Crippen LogP contribution in [0.5, 0.6) is 0 Å². The van der Waals surface area contributed by atoms with Gasteiger partial charge in [-0.05, 0) is 31.1 Å². The molecule has 0 aromatic heterocycles. The zero-order valence-corrected chi connectivity index (χ0v) is 13.7. The van der Waals surface area contributed by atoms with Gasteiger partial charge in [-0.3, -0.25) is 9.69 Å². The summed E-state index contributed by atoms with van der Waals surface area (Å²) in [4.78, 5) is 15.3. The summed E-state index contributed by atoms with van der Waals surface area (Å²) in [6, 6.07) is 7.93. The molecule has 0 unspecified atom stereocenters. The Balaban J connectivity index is 2.62. The summed E-state index contributed by atoms with van der Waals surface area (Å²) >= 11 is 0. The third-order valence-corrected chi connectivity index (χ3v) is 3.27. The monoisotopic (exact) mass is 292 g/mol. The molecular weight excluding hydrogens is 264 g/mol. The molecule has 0 fully saturated rings. The highest BCUT2D eigenvalue weighted by molar-refractivity contribution is 5.70. The lowest BCUT2D eigenvalue weighted by Gasteiger charge is -2.26. The van der Waals surface area contributed by atoms with Gasteiger partial charge in [-0.2, -0.15) is 0 Å². The molecule has 0 aliphatic rings. The van der Waals surface area contributed by atoms with Crippen molar-refractivity contribution in [3.8, 4) is 0 Å². The summed E-state index contributed by atoms with van der Waals surface area (Å²) < 4.78 is 0. The highest BCUT2D eigenvalue weighted by Gasteiger charge is 2.09. The smallest absolute Gasteiger partial charge is 0.307 e. The van der Waals surface area contributed by atoms with Gasteiger partial charge in [-0.25, -0.2) is 0 Å². The summed E-state index contributed by atoms with van der Waals surface area (Å²) in [5.41, 5.74) is 2.10. The molecule has 0 radical (unpaired) electrons. The SMILES string of the molecule is CC(C)CN(CCN(C)C)Cc1ccc(CC(=O)O)cc1. The van der Waals surface area contributed by atoms with Gasteiger partial charge in [0.25, 0.3) is 0 Å². The summed E-state index contributed by atoms with van der Waals surface area (Å²) in [7, 11) is 4.18. The fraction of sp³-hybridized carbons (Fsp3) is 0.588. The highest BCUT2D eigenvalue weighted by atomic mass is 16.4. The number of benzene rings is 1. The molecule has 0 spiro atoms. The Morgan fingerprint density at radius 1 is 1.10 bits per heavy atom.